The molecule has 3 rings (SSSR count). The first-order valence-corrected chi connectivity index (χ1v) is 8.34. The lowest BCUT2D eigenvalue weighted by atomic mass is 10.0. The van der Waals surface area contributed by atoms with Crippen LogP contribution in [0.4, 0.5) is 0 Å². The van der Waals surface area contributed by atoms with Gasteiger partial charge in [-0.2, -0.15) is 0 Å². The van der Waals surface area contributed by atoms with E-state index in [2.05, 4.69) is 18.3 Å². The minimum absolute atomic E-state index is 0.155. The lowest BCUT2D eigenvalue weighted by Gasteiger charge is -2.10. The van der Waals surface area contributed by atoms with Crippen LogP contribution >= 0.6 is 0 Å². The van der Waals surface area contributed by atoms with Gasteiger partial charge in [-0.1, -0.05) is 6.92 Å². The zero-order chi connectivity index (χ0) is 17.4. The van der Waals surface area contributed by atoms with E-state index in [4.69, 9.17) is 14.6 Å². The summed E-state index contributed by atoms with van der Waals surface area (Å²) in [5, 5.41) is 5.42. The minimum Gasteiger partial charge on any atom is -0.461 e. The third-order valence-corrected chi connectivity index (χ3v) is 4.66. The molecule has 24 heavy (non-hydrogen) atoms. The highest BCUT2D eigenvalue weighted by Crippen LogP contribution is 2.34. The van der Waals surface area contributed by atoms with Crippen molar-refractivity contribution in [1.82, 2.24) is 5.32 Å². The fourth-order valence-corrected chi connectivity index (χ4v) is 3.10. The number of aryl methyl sites for hydroxylation is 3. The fourth-order valence-electron chi connectivity index (χ4n) is 3.10. The van der Waals surface area contributed by atoms with Crippen LogP contribution in [-0.2, 0) is 6.54 Å². The standard InChI is InChI=1S/C19H24N2O3/c1-5-13(20)8-21-9-16-12(4)23-19-11(3)18-14(7-15(16)19)10(2)6-17(22)24-18/h6-7,13,21H,5,8-9,20H2,1-4H3. The van der Waals surface area contributed by atoms with Crippen LogP contribution in [0, 0.1) is 20.8 Å². The van der Waals surface area contributed by atoms with Crippen molar-refractivity contribution in [3.63, 3.8) is 0 Å². The van der Waals surface area contributed by atoms with Crippen LogP contribution in [0.5, 0.6) is 0 Å². The second-order valence-corrected chi connectivity index (χ2v) is 6.44. The molecule has 0 spiro atoms. The van der Waals surface area contributed by atoms with Gasteiger partial charge in [0, 0.05) is 47.1 Å². The van der Waals surface area contributed by atoms with Crippen molar-refractivity contribution in [2.24, 2.45) is 5.73 Å². The number of rotatable bonds is 5. The van der Waals surface area contributed by atoms with Gasteiger partial charge in [-0.3, -0.25) is 0 Å². The Morgan fingerprint density at radius 2 is 1.83 bits per heavy atom. The highest BCUT2D eigenvalue weighted by Gasteiger charge is 2.17. The largest absolute Gasteiger partial charge is 0.461 e. The number of hydrogen-bond acceptors (Lipinski definition) is 5. The van der Waals surface area contributed by atoms with Gasteiger partial charge in [0.15, 0.2) is 0 Å². The van der Waals surface area contributed by atoms with E-state index in [-0.39, 0.29) is 11.7 Å². The number of nitrogens with two attached hydrogens (primary N) is 1. The summed E-state index contributed by atoms with van der Waals surface area (Å²) >= 11 is 0. The molecule has 5 nitrogen and oxygen atoms in total. The van der Waals surface area contributed by atoms with E-state index in [1.165, 1.54) is 6.07 Å². The molecule has 0 saturated carbocycles. The lowest BCUT2D eigenvalue weighted by molar-refractivity contribution is 0.540. The highest BCUT2D eigenvalue weighted by atomic mass is 16.4. The molecule has 0 aliphatic rings. The van der Waals surface area contributed by atoms with E-state index >= 15 is 0 Å². The van der Waals surface area contributed by atoms with E-state index < -0.39 is 0 Å². The van der Waals surface area contributed by atoms with Gasteiger partial charge < -0.3 is 19.9 Å². The van der Waals surface area contributed by atoms with E-state index in [1.54, 1.807) is 0 Å². The normalized spacial score (nSPS) is 13.0. The molecule has 0 aliphatic carbocycles. The predicted octanol–water partition coefficient (Wildman–Crippen LogP) is 3.29. The lowest BCUT2D eigenvalue weighted by Crippen LogP contribution is -2.32. The van der Waals surface area contributed by atoms with Gasteiger partial charge in [0.2, 0.25) is 0 Å². The molecule has 3 aromatic rings. The van der Waals surface area contributed by atoms with Gasteiger partial charge >= 0.3 is 5.63 Å². The molecule has 0 amide bonds. The number of fused-ring (bicyclic) bond motifs is 2. The summed E-state index contributed by atoms with van der Waals surface area (Å²) in [4.78, 5) is 11.7. The topological polar surface area (TPSA) is 81.4 Å². The zero-order valence-corrected chi connectivity index (χ0v) is 14.7. The Kier molecular flexibility index (Phi) is 4.47. The van der Waals surface area contributed by atoms with Crippen LogP contribution in [0.15, 0.2) is 25.8 Å². The number of furan rings is 1. The van der Waals surface area contributed by atoms with Crippen molar-refractivity contribution in [3.8, 4) is 0 Å². The zero-order valence-electron chi connectivity index (χ0n) is 14.7. The Hall–Kier alpha value is -2.11. The van der Waals surface area contributed by atoms with Gasteiger partial charge in [-0.25, -0.2) is 4.79 Å². The average molecular weight is 328 g/mol. The molecule has 2 aromatic heterocycles. The number of nitrogens with one attached hydrogen (secondary N) is 1. The van der Waals surface area contributed by atoms with E-state index in [0.717, 1.165) is 51.8 Å². The first-order valence-electron chi connectivity index (χ1n) is 8.34. The molecule has 0 aliphatic heterocycles. The van der Waals surface area contributed by atoms with Gasteiger partial charge in [0.25, 0.3) is 0 Å². The molecular weight excluding hydrogens is 304 g/mol. The summed E-state index contributed by atoms with van der Waals surface area (Å²) < 4.78 is 11.4. The number of hydrogen-bond donors (Lipinski definition) is 2. The van der Waals surface area contributed by atoms with Crippen LogP contribution < -0.4 is 16.7 Å². The summed E-state index contributed by atoms with van der Waals surface area (Å²) in [5.74, 6) is 0.876. The van der Waals surface area contributed by atoms with Gasteiger partial charge in [0.1, 0.15) is 16.9 Å². The van der Waals surface area contributed by atoms with Crippen LogP contribution in [0.2, 0.25) is 0 Å². The molecule has 2 heterocycles. The molecule has 0 saturated heterocycles. The average Bonchev–Trinajstić information content (AvgIpc) is 2.85. The maximum absolute atomic E-state index is 11.7. The maximum Gasteiger partial charge on any atom is 0.336 e. The third kappa shape index (κ3) is 2.85. The Morgan fingerprint density at radius 1 is 1.12 bits per heavy atom. The molecule has 1 atom stereocenters. The maximum atomic E-state index is 11.7. The van der Waals surface area contributed by atoms with Gasteiger partial charge in [-0.05, 0) is 38.8 Å². The van der Waals surface area contributed by atoms with E-state index in [0.29, 0.717) is 12.1 Å². The molecular formula is C19H24N2O3. The van der Waals surface area contributed by atoms with Crippen LogP contribution in [0.25, 0.3) is 21.9 Å². The Labute approximate surface area is 140 Å². The Balaban J connectivity index is 2.11. The molecule has 0 radical (unpaired) electrons. The molecule has 128 valence electrons. The van der Waals surface area contributed by atoms with Crippen molar-refractivity contribution in [1.29, 1.82) is 0 Å². The van der Waals surface area contributed by atoms with Crippen LogP contribution in [-0.4, -0.2) is 12.6 Å². The van der Waals surface area contributed by atoms with Crippen LogP contribution in [0.3, 0.4) is 0 Å². The van der Waals surface area contributed by atoms with E-state index in [1.807, 2.05) is 20.8 Å². The third-order valence-electron chi connectivity index (χ3n) is 4.66. The van der Waals surface area contributed by atoms with Crippen LogP contribution in [0.1, 0.15) is 35.8 Å². The molecule has 3 N–H and O–H groups in total. The predicted molar refractivity (Wildman–Crippen MR) is 96.4 cm³/mol. The first kappa shape index (κ1) is 16.7. The smallest absolute Gasteiger partial charge is 0.336 e. The van der Waals surface area contributed by atoms with Gasteiger partial charge in [0.05, 0.1) is 0 Å². The van der Waals surface area contributed by atoms with E-state index in [9.17, 15) is 4.79 Å². The summed E-state index contributed by atoms with van der Waals surface area (Å²) in [6.45, 7) is 9.37. The summed E-state index contributed by atoms with van der Waals surface area (Å²) in [5.41, 5.74) is 9.93. The first-order chi connectivity index (χ1) is 11.4. The number of benzene rings is 1. The summed E-state index contributed by atoms with van der Waals surface area (Å²) in [6, 6.07) is 3.74. The van der Waals surface area contributed by atoms with Crippen molar-refractivity contribution in [3.05, 3.63) is 45.0 Å². The molecule has 0 bridgehead atoms. The quantitative estimate of drug-likeness (QED) is 0.702. The van der Waals surface area contributed by atoms with Crippen molar-refractivity contribution < 1.29 is 8.83 Å². The summed E-state index contributed by atoms with van der Waals surface area (Å²) in [6.07, 6.45) is 0.945. The molecule has 1 aromatic carbocycles. The molecule has 1 unspecified atom stereocenters. The van der Waals surface area contributed by atoms with Crippen molar-refractivity contribution in [2.75, 3.05) is 6.54 Å². The molecule has 5 heteroatoms. The molecule has 0 fully saturated rings. The second-order valence-electron chi connectivity index (χ2n) is 6.44. The second kappa shape index (κ2) is 6.42. The van der Waals surface area contributed by atoms with Gasteiger partial charge in [-0.15, -0.1) is 0 Å². The monoisotopic (exact) mass is 328 g/mol. The highest BCUT2D eigenvalue weighted by molar-refractivity contribution is 5.99. The Morgan fingerprint density at radius 3 is 2.54 bits per heavy atom. The Bertz CT molecular complexity index is 953. The SMILES string of the molecule is CCC(N)CNCc1c(C)oc2c(C)c3oc(=O)cc(C)c3cc12. The summed E-state index contributed by atoms with van der Waals surface area (Å²) in [7, 11) is 0. The minimum atomic E-state index is -0.332. The van der Waals surface area contributed by atoms with Crippen molar-refractivity contribution >= 4 is 21.9 Å². The van der Waals surface area contributed by atoms with Crippen molar-refractivity contribution in [2.45, 2.75) is 46.7 Å². The fraction of sp³-hybridized carbons (Fsp3) is 0.421.